The topological polar surface area (TPSA) is 41.8 Å². The Morgan fingerprint density at radius 3 is 2.00 bits per heavy atom. The molecule has 3 aromatic rings. The number of benzene rings is 3. The molecule has 3 heteroatoms. The second kappa shape index (κ2) is 8.95. The Morgan fingerprint density at radius 2 is 1.38 bits per heavy atom. The second-order valence-electron chi connectivity index (χ2n) is 7.80. The van der Waals surface area contributed by atoms with Crippen molar-refractivity contribution >= 4 is 11.9 Å². The van der Waals surface area contributed by atoms with E-state index in [9.17, 15) is 5.11 Å². The van der Waals surface area contributed by atoms with Crippen LogP contribution in [0.3, 0.4) is 0 Å². The van der Waals surface area contributed by atoms with Gasteiger partial charge in [0, 0.05) is 22.9 Å². The summed E-state index contributed by atoms with van der Waals surface area (Å²) in [6, 6.07) is 19.8. The fourth-order valence-electron chi connectivity index (χ4n) is 3.54. The summed E-state index contributed by atoms with van der Waals surface area (Å²) in [6.07, 6.45) is 1.77. The molecule has 0 spiro atoms. The first-order chi connectivity index (χ1) is 13.9. The first-order valence-electron chi connectivity index (χ1n) is 10.1. The van der Waals surface area contributed by atoms with Crippen LogP contribution in [0.1, 0.15) is 56.2 Å². The molecular weight excluding hydrogens is 358 g/mol. The average molecular weight is 388 g/mol. The number of aliphatic imine (C=N–C) groups is 1. The lowest BCUT2D eigenvalue weighted by atomic mass is 9.93. The van der Waals surface area contributed by atoms with E-state index >= 15 is 0 Å². The summed E-state index contributed by atoms with van der Waals surface area (Å²) >= 11 is 0. The molecule has 1 N–H and O–H groups in total. The number of methoxy groups -OCH3 is 1. The Bertz CT molecular complexity index is 993. The van der Waals surface area contributed by atoms with Gasteiger partial charge in [-0.3, -0.25) is 4.99 Å². The number of nitrogens with zero attached hydrogens (tertiary/aromatic N) is 1. The van der Waals surface area contributed by atoms with Crippen LogP contribution >= 0.6 is 0 Å². The van der Waals surface area contributed by atoms with E-state index in [1.165, 1.54) is 11.1 Å². The van der Waals surface area contributed by atoms with Gasteiger partial charge in [-0.25, -0.2) is 0 Å². The maximum atomic E-state index is 11.0. The fourth-order valence-corrected chi connectivity index (χ4v) is 3.54. The van der Waals surface area contributed by atoms with Gasteiger partial charge in [0.25, 0.3) is 0 Å². The zero-order chi connectivity index (χ0) is 21.0. The van der Waals surface area contributed by atoms with Crippen molar-refractivity contribution in [2.45, 2.75) is 39.5 Å². The molecule has 150 valence electrons. The van der Waals surface area contributed by atoms with Crippen molar-refractivity contribution in [1.82, 2.24) is 0 Å². The van der Waals surface area contributed by atoms with Crippen LogP contribution in [0.5, 0.6) is 11.5 Å². The maximum Gasteiger partial charge on any atom is 0.132 e. The highest BCUT2D eigenvalue weighted by Gasteiger charge is 2.14. The number of phenols is 1. The molecule has 3 nitrogen and oxygen atoms in total. The summed E-state index contributed by atoms with van der Waals surface area (Å²) in [6.45, 7) is 8.72. The quantitative estimate of drug-likeness (QED) is 0.460. The normalized spacial score (nSPS) is 11.6. The molecule has 29 heavy (non-hydrogen) atoms. The van der Waals surface area contributed by atoms with E-state index in [2.05, 4.69) is 45.9 Å². The Kier molecular flexibility index (Phi) is 6.38. The zero-order valence-electron chi connectivity index (χ0n) is 17.8. The van der Waals surface area contributed by atoms with Crippen molar-refractivity contribution in [1.29, 1.82) is 0 Å². The van der Waals surface area contributed by atoms with E-state index in [0.717, 1.165) is 22.6 Å². The van der Waals surface area contributed by atoms with Crippen molar-refractivity contribution in [3.05, 3.63) is 77.4 Å². The highest BCUT2D eigenvalue weighted by Crippen LogP contribution is 2.38. The molecule has 0 aliphatic carbocycles. The van der Waals surface area contributed by atoms with Crippen LogP contribution in [0.25, 0.3) is 11.1 Å². The van der Waals surface area contributed by atoms with Crippen LogP contribution in [0.4, 0.5) is 5.69 Å². The lowest BCUT2D eigenvalue weighted by molar-refractivity contribution is 0.415. The van der Waals surface area contributed by atoms with E-state index in [-0.39, 0.29) is 5.75 Å². The Balaban J connectivity index is 2.08. The molecule has 0 unspecified atom stereocenters. The summed E-state index contributed by atoms with van der Waals surface area (Å²) in [5.41, 5.74) is 5.70. The molecule has 0 heterocycles. The van der Waals surface area contributed by atoms with Gasteiger partial charge in [0.1, 0.15) is 11.5 Å². The molecular formula is C26H29NO2. The van der Waals surface area contributed by atoms with Crippen LogP contribution in [-0.4, -0.2) is 18.4 Å². The molecule has 0 aliphatic rings. The third-order valence-corrected chi connectivity index (χ3v) is 5.14. The number of phenolic OH excluding ortho intramolecular Hbond substituents is 1. The van der Waals surface area contributed by atoms with E-state index < -0.39 is 0 Å². The van der Waals surface area contributed by atoms with Gasteiger partial charge in [-0.2, -0.15) is 0 Å². The number of hydrogen-bond acceptors (Lipinski definition) is 3. The number of para-hydroxylation sites is 3. The molecule has 0 saturated carbocycles. The van der Waals surface area contributed by atoms with Gasteiger partial charge in [-0.15, -0.1) is 0 Å². The zero-order valence-corrected chi connectivity index (χ0v) is 17.8. The van der Waals surface area contributed by atoms with E-state index in [4.69, 9.17) is 9.73 Å². The lowest BCUT2D eigenvalue weighted by Crippen LogP contribution is -1.96. The highest BCUT2D eigenvalue weighted by atomic mass is 16.5. The van der Waals surface area contributed by atoms with Crippen molar-refractivity contribution in [3.8, 4) is 22.6 Å². The molecule has 0 aromatic heterocycles. The fraction of sp³-hybridized carbons (Fsp3) is 0.269. The lowest BCUT2D eigenvalue weighted by Gasteiger charge is -2.16. The van der Waals surface area contributed by atoms with Crippen molar-refractivity contribution in [2.24, 2.45) is 4.99 Å². The summed E-state index contributed by atoms with van der Waals surface area (Å²) in [5, 5.41) is 11.0. The third-order valence-electron chi connectivity index (χ3n) is 5.14. The van der Waals surface area contributed by atoms with Gasteiger partial charge in [-0.05, 0) is 35.1 Å². The van der Waals surface area contributed by atoms with Crippen LogP contribution in [0.2, 0.25) is 0 Å². The van der Waals surface area contributed by atoms with Crippen molar-refractivity contribution in [2.75, 3.05) is 7.11 Å². The monoisotopic (exact) mass is 387 g/mol. The van der Waals surface area contributed by atoms with Gasteiger partial charge < -0.3 is 9.84 Å². The first kappa shape index (κ1) is 20.7. The molecule has 0 atom stereocenters. The van der Waals surface area contributed by atoms with E-state index in [1.807, 2.05) is 42.5 Å². The van der Waals surface area contributed by atoms with Gasteiger partial charge >= 0.3 is 0 Å². The standard InChI is InChI=1S/C26H29NO2/c1-17(2)20-12-9-13-21(18(3)4)25(20)27-16-19-10-8-14-23(26(19)28)22-11-6-7-15-24(22)29-5/h6-18,28H,1-5H3. The minimum Gasteiger partial charge on any atom is -0.507 e. The van der Waals surface area contributed by atoms with Gasteiger partial charge in [0.15, 0.2) is 0 Å². The number of aromatic hydroxyl groups is 1. The van der Waals surface area contributed by atoms with Gasteiger partial charge in [-0.1, -0.05) is 76.2 Å². The molecule has 3 rings (SSSR count). The predicted octanol–water partition coefficient (Wildman–Crippen LogP) is 7.07. The summed E-state index contributed by atoms with van der Waals surface area (Å²) in [7, 11) is 1.64. The van der Waals surface area contributed by atoms with Crippen LogP contribution in [0.15, 0.2) is 65.7 Å². The summed E-state index contributed by atoms with van der Waals surface area (Å²) < 4.78 is 5.46. The summed E-state index contributed by atoms with van der Waals surface area (Å²) in [5.74, 6) is 1.67. The minimum absolute atomic E-state index is 0.203. The van der Waals surface area contributed by atoms with Crippen LogP contribution < -0.4 is 4.74 Å². The van der Waals surface area contributed by atoms with E-state index in [0.29, 0.717) is 17.4 Å². The molecule has 0 bridgehead atoms. The molecule has 0 fully saturated rings. The SMILES string of the molecule is COc1ccccc1-c1cccc(C=Nc2c(C(C)C)cccc2C(C)C)c1O. The van der Waals surface area contributed by atoms with Gasteiger partial charge in [0.2, 0.25) is 0 Å². The molecule has 0 amide bonds. The highest BCUT2D eigenvalue weighted by molar-refractivity contribution is 5.91. The van der Waals surface area contributed by atoms with Gasteiger partial charge in [0.05, 0.1) is 12.8 Å². The molecule has 0 saturated heterocycles. The molecule has 0 aliphatic heterocycles. The summed E-state index contributed by atoms with van der Waals surface area (Å²) in [4.78, 5) is 4.84. The predicted molar refractivity (Wildman–Crippen MR) is 122 cm³/mol. The van der Waals surface area contributed by atoms with Crippen molar-refractivity contribution in [3.63, 3.8) is 0 Å². The number of rotatable bonds is 6. The Labute approximate surface area is 173 Å². The van der Waals surface area contributed by atoms with Crippen LogP contribution in [0, 0.1) is 0 Å². The number of hydrogen-bond donors (Lipinski definition) is 1. The third kappa shape index (κ3) is 4.34. The van der Waals surface area contributed by atoms with E-state index in [1.54, 1.807) is 13.3 Å². The minimum atomic E-state index is 0.203. The Hall–Kier alpha value is -3.07. The molecule has 3 aromatic carbocycles. The smallest absolute Gasteiger partial charge is 0.132 e. The Morgan fingerprint density at radius 1 is 0.793 bits per heavy atom. The number of ether oxygens (including phenoxy) is 1. The average Bonchev–Trinajstić information content (AvgIpc) is 2.72. The largest absolute Gasteiger partial charge is 0.507 e. The van der Waals surface area contributed by atoms with Crippen LogP contribution in [-0.2, 0) is 0 Å². The maximum absolute atomic E-state index is 11.0. The van der Waals surface area contributed by atoms with Crippen molar-refractivity contribution < 1.29 is 9.84 Å². The second-order valence-corrected chi connectivity index (χ2v) is 7.80. The first-order valence-corrected chi connectivity index (χ1v) is 10.1. The molecule has 0 radical (unpaired) electrons.